The van der Waals surface area contributed by atoms with Crippen molar-refractivity contribution >= 4 is 44.0 Å². The van der Waals surface area contributed by atoms with Gasteiger partial charge in [0.25, 0.3) is 0 Å². The summed E-state index contributed by atoms with van der Waals surface area (Å²) >= 11 is 0. The van der Waals surface area contributed by atoms with Crippen LogP contribution in [0.4, 0.5) is 0 Å². The van der Waals surface area contributed by atoms with Gasteiger partial charge < -0.3 is 4.42 Å². The molecule has 6 aromatic carbocycles. The van der Waals surface area contributed by atoms with Crippen LogP contribution >= 0.6 is 0 Å². The molecule has 0 spiro atoms. The number of hydrogen-bond donors (Lipinski definition) is 0. The Morgan fingerprint density at radius 3 is 1.72 bits per heavy atom. The molecule has 43 heavy (non-hydrogen) atoms. The van der Waals surface area contributed by atoms with E-state index in [2.05, 4.69) is 124 Å². The van der Waals surface area contributed by atoms with Crippen LogP contribution in [0, 0.1) is 0 Å². The number of nitrogens with zero attached hydrogens (tertiary/aromatic N) is 4. The maximum Gasteiger partial charge on any atom is 0.145 e. The molecule has 0 saturated heterocycles. The maximum absolute atomic E-state index is 6.46. The summed E-state index contributed by atoms with van der Waals surface area (Å²) < 4.78 is 11.0. The van der Waals surface area contributed by atoms with Crippen LogP contribution in [0.2, 0.25) is 0 Å². The SMILES string of the molecule is c1ccc(-c2nc3ccccc3n2-c2ccc3oc4cccc(-n5c(-c6ccccc6)nc6ccccc65)c4c3c2)cc1. The van der Waals surface area contributed by atoms with Crippen molar-refractivity contribution in [3.8, 4) is 34.2 Å². The van der Waals surface area contributed by atoms with E-state index in [9.17, 15) is 0 Å². The Hall–Kier alpha value is -5.94. The van der Waals surface area contributed by atoms with Crippen molar-refractivity contribution in [2.75, 3.05) is 0 Å². The molecule has 0 aliphatic heterocycles. The fourth-order valence-corrected chi connectivity index (χ4v) is 6.24. The molecule has 5 nitrogen and oxygen atoms in total. The summed E-state index contributed by atoms with van der Waals surface area (Å²) in [6.45, 7) is 0. The van der Waals surface area contributed by atoms with Gasteiger partial charge in [-0.05, 0) is 54.6 Å². The lowest BCUT2D eigenvalue weighted by Crippen LogP contribution is -1.99. The molecule has 0 bridgehead atoms. The largest absolute Gasteiger partial charge is 0.456 e. The fourth-order valence-electron chi connectivity index (χ4n) is 6.24. The maximum atomic E-state index is 6.46. The van der Waals surface area contributed by atoms with Gasteiger partial charge in [0.2, 0.25) is 0 Å². The minimum absolute atomic E-state index is 0.834. The smallest absolute Gasteiger partial charge is 0.145 e. The van der Waals surface area contributed by atoms with E-state index >= 15 is 0 Å². The fraction of sp³-hybridized carbons (Fsp3) is 0. The van der Waals surface area contributed by atoms with Crippen LogP contribution in [0.25, 0.3) is 78.2 Å². The summed E-state index contributed by atoms with van der Waals surface area (Å²) in [6, 6.07) is 50.0. The first-order chi connectivity index (χ1) is 21.3. The highest BCUT2D eigenvalue weighted by molar-refractivity contribution is 6.11. The number of imidazole rings is 2. The molecule has 0 unspecified atom stereocenters. The zero-order chi connectivity index (χ0) is 28.3. The number of aromatic nitrogens is 4. The molecule has 0 aliphatic carbocycles. The normalized spacial score (nSPS) is 11.7. The highest BCUT2D eigenvalue weighted by Crippen LogP contribution is 2.39. The van der Waals surface area contributed by atoms with Gasteiger partial charge in [0.1, 0.15) is 22.8 Å². The molecule has 5 heteroatoms. The average Bonchev–Trinajstić information content (AvgIpc) is 3.77. The highest BCUT2D eigenvalue weighted by Gasteiger charge is 2.20. The molecule has 3 aromatic heterocycles. The van der Waals surface area contributed by atoms with Crippen LogP contribution in [0.5, 0.6) is 0 Å². The zero-order valence-electron chi connectivity index (χ0n) is 23.1. The minimum Gasteiger partial charge on any atom is -0.456 e. The minimum atomic E-state index is 0.834. The second-order valence-corrected chi connectivity index (χ2v) is 10.7. The van der Waals surface area contributed by atoms with E-state index in [4.69, 9.17) is 14.4 Å². The Balaban J connectivity index is 1.35. The summed E-state index contributed by atoms with van der Waals surface area (Å²) in [6.07, 6.45) is 0. The Bertz CT molecular complexity index is 2450. The lowest BCUT2D eigenvalue weighted by molar-refractivity contribution is 0.668. The monoisotopic (exact) mass is 552 g/mol. The number of hydrogen-bond acceptors (Lipinski definition) is 3. The summed E-state index contributed by atoms with van der Waals surface area (Å²) in [4.78, 5) is 10.1. The van der Waals surface area contributed by atoms with Crippen LogP contribution < -0.4 is 0 Å². The third-order valence-corrected chi connectivity index (χ3v) is 8.14. The van der Waals surface area contributed by atoms with Gasteiger partial charge in [-0.1, -0.05) is 91.0 Å². The van der Waals surface area contributed by atoms with Gasteiger partial charge in [-0.2, -0.15) is 0 Å². The molecule has 0 aliphatic rings. The van der Waals surface area contributed by atoms with Crippen molar-refractivity contribution in [2.45, 2.75) is 0 Å². The van der Waals surface area contributed by atoms with Crippen molar-refractivity contribution in [3.63, 3.8) is 0 Å². The van der Waals surface area contributed by atoms with E-state index in [-0.39, 0.29) is 0 Å². The second-order valence-electron chi connectivity index (χ2n) is 10.7. The number of furan rings is 1. The summed E-state index contributed by atoms with van der Waals surface area (Å²) in [7, 11) is 0. The van der Waals surface area contributed by atoms with Crippen molar-refractivity contribution in [1.82, 2.24) is 19.1 Å². The molecule has 0 atom stereocenters. The quantitative estimate of drug-likeness (QED) is 0.218. The lowest BCUT2D eigenvalue weighted by atomic mass is 10.1. The van der Waals surface area contributed by atoms with E-state index in [0.717, 1.165) is 78.2 Å². The van der Waals surface area contributed by atoms with Gasteiger partial charge in [-0.3, -0.25) is 9.13 Å². The predicted octanol–water partition coefficient (Wildman–Crippen LogP) is 9.60. The Labute approximate surface area is 246 Å². The molecule has 3 heterocycles. The van der Waals surface area contributed by atoms with Crippen molar-refractivity contribution in [1.29, 1.82) is 0 Å². The average molecular weight is 553 g/mol. The molecular formula is C38H24N4O. The summed E-state index contributed by atoms with van der Waals surface area (Å²) in [5.74, 6) is 1.80. The third kappa shape index (κ3) is 3.65. The van der Waals surface area contributed by atoms with E-state index < -0.39 is 0 Å². The summed E-state index contributed by atoms with van der Waals surface area (Å²) in [5.41, 5.74) is 9.85. The molecule has 0 saturated carbocycles. The van der Waals surface area contributed by atoms with E-state index in [1.54, 1.807) is 0 Å². The van der Waals surface area contributed by atoms with Crippen LogP contribution in [-0.4, -0.2) is 19.1 Å². The van der Waals surface area contributed by atoms with Crippen LogP contribution in [0.15, 0.2) is 150 Å². The van der Waals surface area contributed by atoms with Crippen LogP contribution in [-0.2, 0) is 0 Å². The first-order valence-corrected chi connectivity index (χ1v) is 14.4. The molecule has 9 rings (SSSR count). The van der Waals surface area contributed by atoms with E-state index in [0.29, 0.717) is 0 Å². The molecular weight excluding hydrogens is 528 g/mol. The predicted molar refractivity (Wildman–Crippen MR) is 174 cm³/mol. The standard InChI is InChI=1S/C38H24N4O/c1-3-12-25(13-4-1)37-39-29-16-7-9-18-31(29)41(37)27-22-23-34-28(24-27)36-33(20-11-21-35(36)43-34)42-32-19-10-8-17-30(32)40-38(42)26-14-5-2-6-15-26/h1-24H. The Kier molecular flexibility index (Phi) is 5.13. The first-order valence-electron chi connectivity index (χ1n) is 14.4. The number of para-hydroxylation sites is 4. The van der Waals surface area contributed by atoms with Gasteiger partial charge in [0, 0.05) is 22.2 Å². The molecule has 0 amide bonds. The molecule has 0 radical (unpaired) electrons. The Morgan fingerprint density at radius 1 is 0.465 bits per heavy atom. The molecule has 0 fully saturated rings. The number of rotatable bonds is 4. The highest BCUT2D eigenvalue weighted by atomic mass is 16.3. The van der Waals surface area contributed by atoms with Crippen LogP contribution in [0.3, 0.4) is 0 Å². The number of fused-ring (bicyclic) bond motifs is 5. The van der Waals surface area contributed by atoms with Crippen molar-refractivity contribution in [2.24, 2.45) is 0 Å². The Morgan fingerprint density at radius 2 is 1.05 bits per heavy atom. The van der Waals surface area contributed by atoms with Gasteiger partial charge in [0.15, 0.2) is 0 Å². The lowest BCUT2D eigenvalue weighted by Gasteiger charge is -2.12. The van der Waals surface area contributed by atoms with Crippen molar-refractivity contribution < 1.29 is 4.42 Å². The molecule has 9 aromatic rings. The first kappa shape index (κ1) is 23.7. The summed E-state index contributed by atoms with van der Waals surface area (Å²) in [5, 5.41) is 2.09. The van der Waals surface area contributed by atoms with E-state index in [1.165, 1.54) is 0 Å². The van der Waals surface area contributed by atoms with Gasteiger partial charge in [-0.25, -0.2) is 9.97 Å². The number of benzene rings is 6. The van der Waals surface area contributed by atoms with Crippen molar-refractivity contribution in [3.05, 3.63) is 146 Å². The molecule has 0 N–H and O–H groups in total. The molecule has 202 valence electrons. The topological polar surface area (TPSA) is 48.8 Å². The van der Waals surface area contributed by atoms with Gasteiger partial charge in [-0.15, -0.1) is 0 Å². The zero-order valence-corrected chi connectivity index (χ0v) is 23.1. The van der Waals surface area contributed by atoms with Gasteiger partial charge >= 0.3 is 0 Å². The third-order valence-electron chi connectivity index (χ3n) is 8.14. The van der Waals surface area contributed by atoms with E-state index in [1.807, 2.05) is 30.3 Å². The second kappa shape index (κ2) is 9.29. The van der Waals surface area contributed by atoms with Crippen LogP contribution in [0.1, 0.15) is 0 Å². The van der Waals surface area contributed by atoms with Gasteiger partial charge in [0.05, 0.1) is 33.1 Å².